The molecule has 0 fully saturated rings. The van der Waals surface area contributed by atoms with Crippen molar-refractivity contribution in [2.24, 2.45) is 0 Å². The van der Waals surface area contributed by atoms with Crippen LogP contribution in [-0.2, 0) is 4.79 Å². The highest BCUT2D eigenvalue weighted by molar-refractivity contribution is 8.13. The zero-order chi connectivity index (χ0) is 30.0. The molecular weight excluding hydrogens is 544 g/mol. The predicted octanol–water partition coefficient (Wildman–Crippen LogP) is 9.92. The zero-order valence-corrected chi connectivity index (χ0v) is 26.3. The van der Waals surface area contributed by atoms with Gasteiger partial charge in [-0.25, -0.2) is 4.79 Å². The maximum Gasteiger partial charge on any atom is 0.343 e. The molecule has 0 spiro atoms. The molecule has 5 nitrogen and oxygen atoms in total. The summed E-state index contributed by atoms with van der Waals surface area (Å²) in [5, 5.41) is 0.0146. The lowest BCUT2D eigenvalue weighted by molar-refractivity contribution is -0.116. The molecule has 0 bridgehead atoms. The molecule has 0 amide bonds. The van der Waals surface area contributed by atoms with Crippen LogP contribution in [0.15, 0.2) is 72.8 Å². The van der Waals surface area contributed by atoms with Crippen molar-refractivity contribution >= 4 is 22.8 Å². The lowest BCUT2D eigenvalue weighted by Crippen LogP contribution is -2.21. The summed E-state index contributed by atoms with van der Waals surface area (Å²) < 4.78 is 17.2. The molecule has 0 N–H and O–H groups in total. The summed E-state index contributed by atoms with van der Waals surface area (Å²) in [4.78, 5) is 24.9. The van der Waals surface area contributed by atoms with Gasteiger partial charge in [-0.1, -0.05) is 101 Å². The summed E-state index contributed by atoms with van der Waals surface area (Å²) in [6.45, 7) is 6.85. The van der Waals surface area contributed by atoms with E-state index in [0.717, 1.165) is 48.5 Å². The van der Waals surface area contributed by atoms with Crippen molar-refractivity contribution < 1.29 is 23.8 Å². The highest BCUT2D eigenvalue weighted by Crippen LogP contribution is 2.25. The first-order valence-electron chi connectivity index (χ1n) is 15.5. The van der Waals surface area contributed by atoms with Crippen molar-refractivity contribution in [3.8, 4) is 28.4 Å². The maximum absolute atomic E-state index is 12.7. The average molecular weight is 591 g/mol. The minimum Gasteiger partial charge on any atom is -0.494 e. The van der Waals surface area contributed by atoms with Crippen LogP contribution in [0.1, 0.15) is 95.3 Å². The molecule has 6 heteroatoms. The number of hydrogen-bond acceptors (Lipinski definition) is 6. The Hall–Kier alpha value is -3.25. The fourth-order valence-corrected chi connectivity index (χ4v) is 5.32. The number of carbonyl (C=O) groups excluding carboxylic acids is 2. The van der Waals surface area contributed by atoms with E-state index in [2.05, 4.69) is 13.8 Å². The third-order valence-electron chi connectivity index (χ3n) is 7.00. The van der Waals surface area contributed by atoms with Crippen molar-refractivity contribution in [2.45, 2.75) is 91.1 Å². The van der Waals surface area contributed by atoms with E-state index in [1.54, 1.807) is 43.3 Å². The number of ether oxygens (including phenoxy) is 3. The normalized spacial score (nSPS) is 11.6. The molecule has 0 unspecified atom stereocenters. The predicted molar refractivity (Wildman–Crippen MR) is 174 cm³/mol. The van der Waals surface area contributed by atoms with E-state index in [-0.39, 0.29) is 5.12 Å². The Bertz CT molecular complexity index is 1190. The summed E-state index contributed by atoms with van der Waals surface area (Å²) in [6, 6.07) is 22.2. The van der Waals surface area contributed by atoms with Gasteiger partial charge in [-0.15, -0.1) is 0 Å². The van der Waals surface area contributed by atoms with Gasteiger partial charge in [0.25, 0.3) is 0 Å². The first kappa shape index (κ1) is 33.3. The minimum absolute atomic E-state index is 0.0146. The second-order valence-electron chi connectivity index (χ2n) is 10.6. The molecular formula is C36H46O5S. The monoisotopic (exact) mass is 590 g/mol. The van der Waals surface area contributed by atoms with Gasteiger partial charge in [0.2, 0.25) is 5.12 Å². The number of carbonyl (C=O) groups is 2. The number of hydrogen-bond donors (Lipinski definition) is 0. The molecule has 0 aliphatic heterocycles. The molecule has 0 aromatic heterocycles. The van der Waals surface area contributed by atoms with Gasteiger partial charge < -0.3 is 14.2 Å². The highest BCUT2D eigenvalue weighted by Gasteiger charge is 2.15. The van der Waals surface area contributed by atoms with Crippen LogP contribution in [0.3, 0.4) is 0 Å². The number of benzene rings is 3. The number of unbranched alkanes of at least 4 members (excludes halogenated alkanes) is 8. The Morgan fingerprint density at radius 3 is 1.79 bits per heavy atom. The van der Waals surface area contributed by atoms with E-state index in [9.17, 15) is 9.59 Å². The molecule has 3 aromatic rings. The Balaban J connectivity index is 1.41. The molecule has 0 radical (unpaired) electrons. The third kappa shape index (κ3) is 11.9. The number of rotatable bonds is 19. The molecule has 1 atom stereocenters. The van der Waals surface area contributed by atoms with E-state index in [0.29, 0.717) is 17.1 Å². The molecule has 3 rings (SSSR count). The zero-order valence-electron chi connectivity index (χ0n) is 25.4. The molecule has 42 heavy (non-hydrogen) atoms. The standard InChI is InChI=1S/C36H46O5S/c1-4-6-8-9-10-11-12-13-26-39-32-20-18-30(19-21-32)29-14-16-31(17-15-29)35(37)41-34-24-22-33(23-25-34)40-28(3)36(38)42-27-7-5-2/h14-25,28H,4-13,26-27H2,1-3H3/t28-/m1/s1. The molecule has 0 saturated carbocycles. The smallest absolute Gasteiger partial charge is 0.343 e. The maximum atomic E-state index is 12.7. The van der Waals surface area contributed by atoms with Crippen molar-refractivity contribution in [3.05, 3.63) is 78.4 Å². The quantitative estimate of drug-likeness (QED) is 0.0786. The minimum atomic E-state index is -0.540. The van der Waals surface area contributed by atoms with Gasteiger partial charge >= 0.3 is 5.97 Å². The Labute approximate surface area is 256 Å². The number of thioether (sulfide) groups is 1. The van der Waals surface area contributed by atoms with Crippen molar-refractivity contribution in [2.75, 3.05) is 12.4 Å². The van der Waals surface area contributed by atoms with Crippen LogP contribution in [0.4, 0.5) is 0 Å². The van der Waals surface area contributed by atoms with Crippen LogP contribution in [-0.4, -0.2) is 29.5 Å². The molecule has 0 heterocycles. The average Bonchev–Trinajstić information content (AvgIpc) is 3.01. The number of esters is 1. The SMILES string of the molecule is CCCCCCCCCCOc1ccc(-c2ccc(C(=O)Oc3ccc(O[C@H](C)C(=O)SCCCC)cc3)cc2)cc1. The molecule has 0 aliphatic rings. The van der Waals surface area contributed by atoms with E-state index < -0.39 is 12.1 Å². The second kappa shape index (κ2) is 19.0. The van der Waals surface area contributed by atoms with Gasteiger partial charge in [0, 0.05) is 5.75 Å². The molecule has 226 valence electrons. The summed E-state index contributed by atoms with van der Waals surface area (Å²) in [7, 11) is 0. The second-order valence-corrected chi connectivity index (χ2v) is 11.7. The lowest BCUT2D eigenvalue weighted by atomic mass is 10.0. The van der Waals surface area contributed by atoms with Gasteiger partial charge in [-0.05, 0) is 79.4 Å². The Kier molecular flexibility index (Phi) is 15.1. The van der Waals surface area contributed by atoms with Gasteiger partial charge in [-0.3, -0.25) is 4.79 Å². The Morgan fingerprint density at radius 2 is 1.17 bits per heavy atom. The van der Waals surface area contributed by atoms with E-state index in [1.807, 2.05) is 36.4 Å². The van der Waals surface area contributed by atoms with Crippen molar-refractivity contribution in [1.29, 1.82) is 0 Å². The van der Waals surface area contributed by atoms with Crippen molar-refractivity contribution in [3.63, 3.8) is 0 Å². The molecule has 0 saturated heterocycles. The summed E-state index contributed by atoms with van der Waals surface area (Å²) in [5.74, 6) is 2.22. The molecule has 3 aromatic carbocycles. The van der Waals surface area contributed by atoms with Crippen molar-refractivity contribution in [1.82, 2.24) is 0 Å². The van der Waals surface area contributed by atoms with Crippen LogP contribution >= 0.6 is 11.8 Å². The van der Waals surface area contributed by atoms with E-state index in [1.165, 1.54) is 56.7 Å². The van der Waals surface area contributed by atoms with Crippen LogP contribution in [0.25, 0.3) is 11.1 Å². The van der Waals surface area contributed by atoms with Crippen LogP contribution in [0.2, 0.25) is 0 Å². The van der Waals surface area contributed by atoms with Gasteiger partial charge in [-0.2, -0.15) is 0 Å². The summed E-state index contributed by atoms with van der Waals surface area (Å²) >= 11 is 1.31. The fourth-order valence-electron chi connectivity index (χ4n) is 4.41. The van der Waals surface area contributed by atoms with Gasteiger partial charge in [0.05, 0.1) is 12.2 Å². The first-order valence-corrected chi connectivity index (χ1v) is 16.5. The van der Waals surface area contributed by atoms with E-state index in [4.69, 9.17) is 14.2 Å². The topological polar surface area (TPSA) is 61.8 Å². The van der Waals surface area contributed by atoms with Gasteiger partial charge in [0.1, 0.15) is 17.2 Å². The van der Waals surface area contributed by atoms with Gasteiger partial charge in [0.15, 0.2) is 6.10 Å². The summed E-state index contributed by atoms with van der Waals surface area (Å²) in [6.07, 6.45) is 11.8. The summed E-state index contributed by atoms with van der Waals surface area (Å²) in [5.41, 5.74) is 2.54. The third-order valence-corrected chi connectivity index (χ3v) is 8.11. The lowest BCUT2D eigenvalue weighted by Gasteiger charge is -2.13. The van der Waals surface area contributed by atoms with Crippen LogP contribution < -0.4 is 14.2 Å². The fraction of sp³-hybridized carbons (Fsp3) is 0.444. The molecule has 0 aliphatic carbocycles. The van der Waals surface area contributed by atoms with E-state index >= 15 is 0 Å². The largest absolute Gasteiger partial charge is 0.494 e. The Morgan fingerprint density at radius 1 is 0.643 bits per heavy atom. The highest BCUT2D eigenvalue weighted by atomic mass is 32.2. The van der Waals surface area contributed by atoms with Crippen LogP contribution in [0, 0.1) is 0 Å². The van der Waals surface area contributed by atoms with Crippen LogP contribution in [0.5, 0.6) is 17.2 Å². The first-order chi connectivity index (χ1) is 20.5.